The zero-order valence-corrected chi connectivity index (χ0v) is 12.2. The van der Waals surface area contributed by atoms with Crippen molar-refractivity contribution < 1.29 is 9.84 Å². The summed E-state index contributed by atoms with van der Waals surface area (Å²) in [7, 11) is 0. The second kappa shape index (κ2) is 6.81. The fourth-order valence-electron chi connectivity index (χ4n) is 2.54. The quantitative estimate of drug-likeness (QED) is 0.873. The maximum atomic E-state index is 10.2. The molecule has 0 amide bonds. The molecule has 2 aromatic carbocycles. The van der Waals surface area contributed by atoms with Gasteiger partial charge in [-0.15, -0.1) is 0 Å². The Kier molecular flexibility index (Phi) is 4.40. The topological polar surface area (TPSA) is 29.5 Å². The molecule has 1 aliphatic heterocycles. The summed E-state index contributed by atoms with van der Waals surface area (Å²) in [6.07, 6.45) is 7.32. The summed E-state index contributed by atoms with van der Waals surface area (Å²) in [6, 6.07) is 20.3. The van der Waals surface area contributed by atoms with E-state index < -0.39 is 0 Å². The number of hydrogen-bond donors (Lipinski definition) is 1. The first-order valence-electron chi connectivity index (χ1n) is 7.33. The van der Waals surface area contributed by atoms with Crippen molar-refractivity contribution in [3.8, 4) is 0 Å². The molecule has 0 aliphatic carbocycles. The van der Waals surface area contributed by atoms with Gasteiger partial charge in [-0.25, -0.2) is 0 Å². The minimum Gasteiger partial charge on any atom is -0.508 e. The van der Waals surface area contributed by atoms with Crippen molar-refractivity contribution in [2.24, 2.45) is 0 Å². The number of hydrogen-bond acceptors (Lipinski definition) is 2. The summed E-state index contributed by atoms with van der Waals surface area (Å²) in [5.41, 5.74) is 3.15. The summed E-state index contributed by atoms with van der Waals surface area (Å²) < 4.78 is 5.37. The van der Waals surface area contributed by atoms with E-state index in [1.54, 1.807) is 6.08 Å². The summed E-state index contributed by atoms with van der Waals surface area (Å²) in [5, 5.41) is 10.2. The fraction of sp³-hybridized carbons (Fsp3) is 0.100. The van der Waals surface area contributed by atoms with Crippen LogP contribution in [0.5, 0.6) is 0 Å². The Bertz CT molecular complexity index is 697. The van der Waals surface area contributed by atoms with E-state index in [4.69, 9.17) is 4.74 Å². The van der Waals surface area contributed by atoms with E-state index in [-0.39, 0.29) is 11.7 Å². The van der Waals surface area contributed by atoms with Crippen molar-refractivity contribution in [1.82, 2.24) is 0 Å². The van der Waals surface area contributed by atoms with Crippen LogP contribution in [-0.4, -0.2) is 11.7 Å². The highest BCUT2D eigenvalue weighted by molar-refractivity contribution is 5.53. The lowest BCUT2D eigenvalue weighted by atomic mass is 9.89. The molecule has 22 heavy (non-hydrogen) atoms. The lowest BCUT2D eigenvalue weighted by Gasteiger charge is -2.20. The molecule has 0 aromatic heterocycles. The van der Waals surface area contributed by atoms with Gasteiger partial charge in [-0.2, -0.15) is 0 Å². The summed E-state index contributed by atoms with van der Waals surface area (Å²) in [6.45, 7) is 0.404. The van der Waals surface area contributed by atoms with Crippen LogP contribution in [-0.2, 0) is 4.74 Å². The van der Waals surface area contributed by atoms with Crippen LogP contribution >= 0.6 is 0 Å². The number of ether oxygens (including phenoxy) is 1. The van der Waals surface area contributed by atoms with Gasteiger partial charge in [0.15, 0.2) is 0 Å². The van der Waals surface area contributed by atoms with Crippen molar-refractivity contribution in [2.45, 2.75) is 5.92 Å². The number of aliphatic hydroxyl groups excluding tert-OH is 1. The minimum absolute atomic E-state index is 0.00800. The molecule has 1 aliphatic rings. The molecule has 110 valence electrons. The van der Waals surface area contributed by atoms with Crippen molar-refractivity contribution in [1.29, 1.82) is 0 Å². The highest BCUT2D eigenvalue weighted by atomic mass is 16.5. The first kappa shape index (κ1) is 14.2. The molecule has 1 heterocycles. The second-order valence-corrected chi connectivity index (χ2v) is 5.18. The molecule has 1 N–H and O–H groups in total. The third-order valence-corrected chi connectivity index (χ3v) is 3.70. The molecular formula is C20H18O2. The van der Waals surface area contributed by atoms with Crippen LogP contribution in [0.2, 0.25) is 0 Å². The van der Waals surface area contributed by atoms with Crippen LogP contribution < -0.4 is 0 Å². The van der Waals surface area contributed by atoms with Crippen LogP contribution in [0.3, 0.4) is 0 Å². The Labute approximate surface area is 130 Å². The third kappa shape index (κ3) is 3.29. The van der Waals surface area contributed by atoms with Gasteiger partial charge in [-0.1, -0.05) is 72.8 Å². The van der Waals surface area contributed by atoms with E-state index in [9.17, 15) is 5.11 Å². The predicted molar refractivity (Wildman–Crippen MR) is 89.4 cm³/mol. The molecule has 0 radical (unpaired) electrons. The molecule has 0 bridgehead atoms. The fourth-order valence-corrected chi connectivity index (χ4v) is 2.54. The summed E-state index contributed by atoms with van der Waals surface area (Å²) in [5.74, 6) is 0.282. The van der Waals surface area contributed by atoms with Gasteiger partial charge in [0.05, 0.1) is 6.26 Å². The van der Waals surface area contributed by atoms with E-state index >= 15 is 0 Å². The number of aliphatic hydroxyl groups is 1. The highest BCUT2D eigenvalue weighted by Gasteiger charge is 2.19. The molecule has 1 unspecified atom stereocenters. The van der Waals surface area contributed by atoms with Gasteiger partial charge in [0.25, 0.3) is 0 Å². The van der Waals surface area contributed by atoms with Crippen molar-refractivity contribution in [3.05, 3.63) is 102 Å². The number of benzene rings is 2. The maximum Gasteiger partial charge on any atom is 0.122 e. The Morgan fingerprint density at radius 3 is 2.32 bits per heavy atom. The normalized spacial score (nSPS) is 15.8. The average molecular weight is 290 g/mol. The summed E-state index contributed by atoms with van der Waals surface area (Å²) in [4.78, 5) is 0. The van der Waals surface area contributed by atoms with Gasteiger partial charge in [-0.05, 0) is 11.1 Å². The van der Waals surface area contributed by atoms with Crippen molar-refractivity contribution >= 4 is 6.08 Å². The Balaban J connectivity index is 1.97. The van der Waals surface area contributed by atoms with E-state index in [1.165, 1.54) is 6.26 Å². The van der Waals surface area contributed by atoms with Gasteiger partial charge < -0.3 is 9.84 Å². The Hall–Kier alpha value is -2.74. The van der Waals surface area contributed by atoms with Gasteiger partial charge in [0.2, 0.25) is 0 Å². The van der Waals surface area contributed by atoms with Gasteiger partial charge in [0, 0.05) is 17.6 Å². The predicted octanol–water partition coefficient (Wildman–Crippen LogP) is 4.84. The number of allylic oxidation sites excluding steroid dienone is 2. The third-order valence-electron chi connectivity index (χ3n) is 3.70. The Morgan fingerprint density at radius 2 is 1.64 bits per heavy atom. The Morgan fingerprint density at radius 1 is 0.955 bits per heavy atom. The molecule has 2 heteroatoms. The highest BCUT2D eigenvalue weighted by Crippen LogP contribution is 2.30. The number of rotatable bonds is 4. The van der Waals surface area contributed by atoms with Crippen LogP contribution in [0.4, 0.5) is 0 Å². The van der Waals surface area contributed by atoms with Gasteiger partial charge in [-0.3, -0.25) is 0 Å². The second-order valence-electron chi connectivity index (χ2n) is 5.18. The molecule has 0 saturated heterocycles. The van der Waals surface area contributed by atoms with Crippen LogP contribution in [0.1, 0.15) is 17.0 Å². The molecule has 2 aromatic rings. The molecule has 0 spiro atoms. The first-order valence-corrected chi connectivity index (χ1v) is 7.33. The molecule has 0 saturated carbocycles. The largest absolute Gasteiger partial charge is 0.508 e. The zero-order chi connectivity index (χ0) is 15.2. The molecule has 3 rings (SSSR count). The van der Waals surface area contributed by atoms with Gasteiger partial charge >= 0.3 is 0 Å². The monoisotopic (exact) mass is 290 g/mol. The standard InChI is InChI=1S/C20H18O2/c21-20-13-14-22-15-19(20)18(17-9-5-2-6-10-17)12-11-16-7-3-1-4-8-16/h1-14,18,21H,15H2/b12-11+. The SMILES string of the molecule is OC1=C(C(/C=C/c2ccccc2)c2ccccc2)COC=C1. The van der Waals surface area contributed by atoms with Crippen molar-refractivity contribution in [3.63, 3.8) is 0 Å². The summed E-state index contributed by atoms with van der Waals surface area (Å²) >= 11 is 0. The zero-order valence-electron chi connectivity index (χ0n) is 12.2. The van der Waals surface area contributed by atoms with E-state index in [2.05, 4.69) is 36.4 Å². The lowest BCUT2D eigenvalue weighted by molar-refractivity contribution is 0.253. The molecule has 0 fully saturated rings. The minimum atomic E-state index is -0.00800. The maximum absolute atomic E-state index is 10.2. The average Bonchev–Trinajstić information content (AvgIpc) is 2.58. The van der Waals surface area contributed by atoms with Gasteiger partial charge in [0.1, 0.15) is 12.4 Å². The van der Waals surface area contributed by atoms with E-state index in [0.29, 0.717) is 6.61 Å². The lowest BCUT2D eigenvalue weighted by Crippen LogP contribution is -2.10. The van der Waals surface area contributed by atoms with E-state index in [0.717, 1.165) is 16.7 Å². The smallest absolute Gasteiger partial charge is 0.122 e. The van der Waals surface area contributed by atoms with Crippen molar-refractivity contribution in [2.75, 3.05) is 6.61 Å². The molecule has 1 atom stereocenters. The van der Waals surface area contributed by atoms with Crippen LogP contribution in [0.25, 0.3) is 6.08 Å². The molecular weight excluding hydrogens is 272 g/mol. The van der Waals surface area contributed by atoms with E-state index in [1.807, 2.05) is 36.4 Å². The van der Waals surface area contributed by atoms with Crippen LogP contribution in [0.15, 0.2) is 90.4 Å². The molecule has 2 nitrogen and oxygen atoms in total. The first-order chi connectivity index (χ1) is 10.8. The van der Waals surface area contributed by atoms with Crippen LogP contribution in [0, 0.1) is 0 Å².